The highest BCUT2D eigenvalue weighted by Crippen LogP contribution is 2.33. The molecule has 1 amide bonds. The lowest BCUT2D eigenvalue weighted by Crippen LogP contribution is -2.17. The Morgan fingerprint density at radius 3 is 2.65 bits per heavy atom. The standard InChI is InChI=1S/C20H17ClN2O2S/c21-20-16(12-18(26-20)15-7-2-1-3-8-15)13-22-23-19(25)11-10-14-6-4-5-9-17(14)24/h1-9,12-13,24H,10-11H2,(H,23,25)/b22-13+. The van der Waals surface area contributed by atoms with Gasteiger partial charge >= 0.3 is 0 Å². The van der Waals surface area contributed by atoms with Gasteiger partial charge in [0.15, 0.2) is 0 Å². The van der Waals surface area contributed by atoms with Crippen molar-refractivity contribution in [1.29, 1.82) is 0 Å². The number of benzene rings is 2. The van der Waals surface area contributed by atoms with E-state index in [2.05, 4.69) is 10.5 Å². The quantitative estimate of drug-likeness (QED) is 0.471. The van der Waals surface area contributed by atoms with Gasteiger partial charge in [-0.2, -0.15) is 5.10 Å². The van der Waals surface area contributed by atoms with Crippen LogP contribution in [-0.2, 0) is 11.2 Å². The Kier molecular flexibility index (Phi) is 6.04. The minimum atomic E-state index is -0.223. The second-order valence-corrected chi connectivity index (χ2v) is 7.28. The Morgan fingerprint density at radius 2 is 1.88 bits per heavy atom. The Bertz CT molecular complexity index is 923. The fourth-order valence-corrected chi connectivity index (χ4v) is 3.63. The van der Waals surface area contributed by atoms with Gasteiger partial charge in [-0.05, 0) is 29.7 Å². The lowest BCUT2D eigenvalue weighted by molar-refractivity contribution is -0.121. The summed E-state index contributed by atoms with van der Waals surface area (Å²) in [4.78, 5) is 12.9. The zero-order valence-corrected chi connectivity index (χ0v) is 15.4. The maximum atomic E-state index is 11.9. The topological polar surface area (TPSA) is 61.7 Å². The monoisotopic (exact) mass is 384 g/mol. The summed E-state index contributed by atoms with van der Waals surface area (Å²) in [5.74, 6) is -0.0264. The van der Waals surface area contributed by atoms with Crippen molar-refractivity contribution in [1.82, 2.24) is 5.43 Å². The number of hydrogen-bond donors (Lipinski definition) is 2. The molecule has 3 rings (SSSR count). The normalized spacial score (nSPS) is 11.0. The lowest BCUT2D eigenvalue weighted by Gasteiger charge is -2.03. The second-order valence-electron chi connectivity index (χ2n) is 5.63. The molecule has 2 N–H and O–H groups in total. The van der Waals surface area contributed by atoms with E-state index in [-0.39, 0.29) is 18.1 Å². The molecule has 2 aromatic carbocycles. The molecule has 6 heteroatoms. The smallest absolute Gasteiger partial charge is 0.240 e. The number of para-hydroxylation sites is 1. The van der Waals surface area contributed by atoms with Crippen LogP contribution in [0.4, 0.5) is 0 Å². The molecule has 0 atom stereocenters. The summed E-state index contributed by atoms with van der Waals surface area (Å²) >= 11 is 7.72. The highest BCUT2D eigenvalue weighted by atomic mass is 35.5. The predicted octanol–water partition coefficient (Wildman–Crippen LogP) is 4.86. The number of phenols is 1. The highest BCUT2D eigenvalue weighted by molar-refractivity contribution is 7.19. The molecule has 0 bridgehead atoms. The van der Waals surface area contributed by atoms with Crippen molar-refractivity contribution in [3.05, 3.63) is 76.1 Å². The van der Waals surface area contributed by atoms with Gasteiger partial charge in [-0.1, -0.05) is 60.1 Å². The molecule has 0 aliphatic carbocycles. The van der Waals surface area contributed by atoms with Gasteiger partial charge in [-0.25, -0.2) is 5.43 Å². The van der Waals surface area contributed by atoms with Crippen LogP contribution in [0.25, 0.3) is 10.4 Å². The molecule has 0 fully saturated rings. The summed E-state index contributed by atoms with van der Waals surface area (Å²) < 4.78 is 0.621. The molecule has 0 aliphatic heterocycles. The maximum Gasteiger partial charge on any atom is 0.240 e. The van der Waals surface area contributed by atoms with Crippen molar-refractivity contribution < 1.29 is 9.90 Å². The van der Waals surface area contributed by atoms with Crippen molar-refractivity contribution in [3.63, 3.8) is 0 Å². The number of thiophene rings is 1. The zero-order chi connectivity index (χ0) is 18.4. The predicted molar refractivity (Wildman–Crippen MR) is 107 cm³/mol. The Balaban J connectivity index is 1.56. The molecule has 132 valence electrons. The minimum absolute atomic E-state index is 0.197. The van der Waals surface area contributed by atoms with Crippen molar-refractivity contribution in [2.45, 2.75) is 12.8 Å². The van der Waals surface area contributed by atoms with Gasteiger partial charge in [0, 0.05) is 16.9 Å². The van der Waals surface area contributed by atoms with Crippen LogP contribution in [0.1, 0.15) is 17.5 Å². The summed E-state index contributed by atoms with van der Waals surface area (Å²) in [7, 11) is 0. The number of phenolic OH excluding ortho intramolecular Hbond substituents is 1. The number of halogens is 1. The zero-order valence-electron chi connectivity index (χ0n) is 13.9. The number of rotatable bonds is 6. The van der Waals surface area contributed by atoms with Crippen LogP contribution in [0.5, 0.6) is 5.75 Å². The number of carbonyl (C=O) groups is 1. The van der Waals surface area contributed by atoms with E-state index in [0.717, 1.165) is 21.6 Å². The summed E-state index contributed by atoms with van der Waals surface area (Å²) in [5, 5.41) is 13.7. The molecule has 3 aromatic rings. The average molecular weight is 385 g/mol. The van der Waals surface area contributed by atoms with E-state index in [1.807, 2.05) is 42.5 Å². The fourth-order valence-electron chi connectivity index (χ4n) is 2.42. The van der Waals surface area contributed by atoms with Crippen LogP contribution >= 0.6 is 22.9 Å². The van der Waals surface area contributed by atoms with E-state index in [1.54, 1.807) is 24.4 Å². The Labute approximate surface area is 160 Å². The molecule has 0 saturated carbocycles. The molecular formula is C20H17ClN2O2S. The van der Waals surface area contributed by atoms with Crippen molar-refractivity contribution in [2.75, 3.05) is 0 Å². The van der Waals surface area contributed by atoms with E-state index in [4.69, 9.17) is 11.6 Å². The first-order valence-electron chi connectivity index (χ1n) is 8.07. The largest absolute Gasteiger partial charge is 0.508 e. The van der Waals surface area contributed by atoms with Crippen molar-refractivity contribution >= 4 is 35.1 Å². The first kappa shape index (κ1) is 18.2. The first-order chi connectivity index (χ1) is 12.6. The number of carbonyl (C=O) groups excluding carboxylic acids is 1. The number of aromatic hydroxyl groups is 1. The molecule has 0 aliphatic rings. The summed E-state index contributed by atoms with van der Waals surface area (Å²) in [6.45, 7) is 0. The number of hydrazone groups is 1. The highest BCUT2D eigenvalue weighted by Gasteiger charge is 2.08. The molecule has 4 nitrogen and oxygen atoms in total. The number of nitrogens with one attached hydrogen (secondary N) is 1. The van der Waals surface area contributed by atoms with E-state index in [0.29, 0.717) is 10.8 Å². The third-order valence-electron chi connectivity index (χ3n) is 3.78. The second kappa shape index (κ2) is 8.65. The Hall–Kier alpha value is -2.63. The maximum absolute atomic E-state index is 11.9. The fraction of sp³-hybridized carbons (Fsp3) is 0.100. The van der Waals surface area contributed by atoms with E-state index >= 15 is 0 Å². The van der Waals surface area contributed by atoms with Crippen LogP contribution in [0.2, 0.25) is 4.34 Å². The summed E-state index contributed by atoms with van der Waals surface area (Å²) in [6, 6.07) is 18.9. The van der Waals surface area contributed by atoms with Crippen LogP contribution in [-0.4, -0.2) is 17.2 Å². The first-order valence-corrected chi connectivity index (χ1v) is 9.26. The summed E-state index contributed by atoms with van der Waals surface area (Å²) in [6.07, 6.45) is 2.23. The SMILES string of the molecule is O=C(CCc1ccccc1O)N/N=C/c1cc(-c2ccccc2)sc1Cl. The molecule has 1 aromatic heterocycles. The third-order valence-corrected chi connectivity index (χ3v) is 5.22. The van der Waals surface area contributed by atoms with Crippen LogP contribution in [0.15, 0.2) is 65.8 Å². The van der Waals surface area contributed by atoms with Gasteiger partial charge in [0.05, 0.1) is 6.21 Å². The molecule has 0 radical (unpaired) electrons. The van der Waals surface area contributed by atoms with Crippen molar-refractivity contribution in [3.8, 4) is 16.2 Å². The molecule has 1 heterocycles. The van der Waals surface area contributed by atoms with Crippen LogP contribution in [0.3, 0.4) is 0 Å². The van der Waals surface area contributed by atoms with Gasteiger partial charge in [0.1, 0.15) is 10.1 Å². The molecule has 26 heavy (non-hydrogen) atoms. The molecule has 0 saturated heterocycles. The molecular weight excluding hydrogens is 368 g/mol. The van der Waals surface area contributed by atoms with E-state index < -0.39 is 0 Å². The number of amides is 1. The number of nitrogens with zero attached hydrogens (tertiary/aromatic N) is 1. The van der Waals surface area contributed by atoms with Gasteiger partial charge < -0.3 is 5.11 Å². The number of hydrogen-bond acceptors (Lipinski definition) is 4. The molecule has 0 unspecified atom stereocenters. The van der Waals surface area contributed by atoms with Gasteiger partial charge in [-0.15, -0.1) is 11.3 Å². The minimum Gasteiger partial charge on any atom is -0.508 e. The average Bonchev–Trinajstić information content (AvgIpc) is 3.03. The van der Waals surface area contributed by atoms with Gasteiger partial charge in [0.25, 0.3) is 0 Å². The summed E-state index contributed by atoms with van der Waals surface area (Å²) in [5.41, 5.74) is 5.08. The van der Waals surface area contributed by atoms with Crippen molar-refractivity contribution in [2.24, 2.45) is 5.10 Å². The van der Waals surface area contributed by atoms with Gasteiger partial charge in [-0.3, -0.25) is 4.79 Å². The third kappa shape index (κ3) is 4.71. The van der Waals surface area contributed by atoms with E-state index in [1.165, 1.54) is 11.3 Å². The number of aryl methyl sites for hydroxylation is 1. The Morgan fingerprint density at radius 1 is 1.15 bits per heavy atom. The van der Waals surface area contributed by atoms with Crippen LogP contribution in [0, 0.1) is 0 Å². The van der Waals surface area contributed by atoms with Crippen LogP contribution < -0.4 is 5.43 Å². The van der Waals surface area contributed by atoms with Gasteiger partial charge in [0.2, 0.25) is 5.91 Å². The molecule has 0 spiro atoms. The van der Waals surface area contributed by atoms with E-state index in [9.17, 15) is 9.90 Å². The lowest BCUT2D eigenvalue weighted by atomic mass is 10.1.